The smallest absolute Gasteiger partial charge is 0.336 e. The van der Waals surface area contributed by atoms with E-state index < -0.39 is 10.9 Å². The van der Waals surface area contributed by atoms with Crippen molar-refractivity contribution in [2.45, 2.75) is 44.9 Å². The lowest BCUT2D eigenvalue weighted by molar-refractivity contribution is -0.385. The van der Waals surface area contributed by atoms with Gasteiger partial charge in [0.05, 0.1) is 10.5 Å². The maximum absolute atomic E-state index is 11.3. The van der Waals surface area contributed by atoms with E-state index in [9.17, 15) is 20.0 Å². The minimum absolute atomic E-state index is 0.103. The molecule has 1 aromatic carbocycles. The number of rotatable bonds is 2. The summed E-state index contributed by atoms with van der Waals surface area (Å²) in [7, 11) is 0. The second-order valence-electron chi connectivity index (χ2n) is 4.96. The van der Waals surface area contributed by atoms with Gasteiger partial charge in [-0.3, -0.25) is 10.1 Å². The number of non-ortho nitro benzene ring substituents is 1. The molecule has 0 saturated carbocycles. The Morgan fingerprint density at radius 2 is 1.74 bits per heavy atom. The first-order chi connectivity index (χ1) is 9.09. The highest BCUT2D eigenvalue weighted by Gasteiger charge is 2.20. The van der Waals surface area contributed by atoms with E-state index in [0.29, 0.717) is 6.42 Å². The number of carboxylic acids is 1. The topological polar surface area (TPSA) is 80.4 Å². The van der Waals surface area contributed by atoms with E-state index in [4.69, 9.17) is 0 Å². The van der Waals surface area contributed by atoms with Gasteiger partial charge in [0.25, 0.3) is 5.69 Å². The molecule has 0 spiro atoms. The summed E-state index contributed by atoms with van der Waals surface area (Å²) in [5.74, 6) is -1.07. The summed E-state index contributed by atoms with van der Waals surface area (Å²) in [5, 5.41) is 20.2. The van der Waals surface area contributed by atoms with Crippen molar-refractivity contribution < 1.29 is 14.8 Å². The number of carbonyl (C=O) groups is 1. The molecule has 0 atom stereocenters. The lowest BCUT2D eigenvalue weighted by atomic mass is 9.93. The van der Waals surface area contributed by atoms with Gasteiger partial charge in [-0.1, -0.05) is 19.3 Å². The van der Waals surface area contributed by atoms with Crippen molar-refractivity contribution in [2.75, 3.05) is 0 Å². The van der Waals surface area contributed by atoms with E-state index in [2.05, 4.69) is 0 Å². The predicted octanol–water partition coefficient (Wildman–Crippen LogP) is 3.34. The summed E-state index contributed by atoms with van der Waals surface area (Å²) < 4.78 is 0. The molecule has 5 nitrogen and oxygen atoms in total. The average Bonchev–Trinajstić information content (AvgIpc) is 2.48. The summed E-state index contributed by atoms with van der Waals surface area (Å²) in [6, 6.07) is 2.74. The second kappa shape index (κ2) is 5.82. The molecule has 0 unspecified atom stereocenters. The van der Waals surface area contributed by atoms with Gasteiger partial charge in [0.1, 0.15) is 0 Å². The number of nitro groups is 1. The van der Waals surface area contributed by atoms with Gasteiger partial charge in [0, 0.05) is 12.1 Å². The van der Waals surface area contributed by atoms with Crippen LogP contribution in [0.4, 0.5) is 5.69 Å². The van der Waals surface area contributed by atoms with Gasteiger partial charge in [-0.2, -0.15) is 0 Å². The van der Waals surface area contributed by atoms with E-state index in [1.165, 1.54) is 6.07 Å². The second-order valence-corrected chi connectivity index (χ2v) is 4.96. The molecule has 5 heteroatoms. The van der Waals surface area contributed by atoms with Crippen molar-refractivity contribution in [1.29, 1.82) is 0 Å². The lowest BCUT2D eigenvalue weighted by Crippen LogP contribution is -2.08. The van der Waals surface area contributed by atoms with Crippen LogP contribution in [0.15, 0.2) is 12.1 Å². The number of benzene rings is 1. The number of fused-ring (bicyclic) bond motifs is 1. The minimum Gasteiger partial charge on any atom is -0.478 e. The van der Waals surface area contributed by atoms with E-state index in [-0.39, 0.29) is 11.3 Å². The standard InChI is InChI=1S/C14H17NO4/c16-14(17)13-9-11(15(18)19)8-10-6-4-2-1-3-5-7-12(10)13/h8-9H,1-7H2,(H,16,17). The fourth-order valence-corrected chi connectivity index (χ4v) is 2.68. The average molecular weight is 263 g/mol. The molecule has 0 bridgehead atoms. The van der Waals surface area contributed by atoms with Gasteiger partial charge in [0.2, 0.25) is 0 Å². The Hall–Kier alpha value is -1.91. The normalized spacial score (nSPS) is 15.8. The van der Waals surface area contributed by atoms with Gasteiger partial charge in [0.15, 0.2) is 0 Å². The van der Waals surface area contributed by atoms with Crippen LogP contribution in [0.3, 0.4) is 0 Å². The number of aryl methyl sites for hydroxylation is 1. The summed E-state index contributed by atoms with van der Waals surface area (Å²) in [4.78, 5) is 21.7. The Labute approximate surface area is 111 Å². The van der Waals surface area contributed by atoms with Crippen molar-refractivity contribution >= 4 is 11.7 Å². The molecule has 19 heavy (non-hydrogen) atoms. The van der Waals surface area contributed by atoms with E-state index >= 15 is 0 Å². The van der Waals surface area contributed by atoms with E-state index in [1.54, 1.807) is 6.07 Å². The SMILES string of the molecule is O=C(O)c1cc([N+](=O)[O-])cc2c1CCCCCCC2. The summed E-state index contributed by atoms with van der Waals surface area (Å²) in [5.41, 5.74) is 1.62. The number of carboxylic acid groups (broad SMARTS) is 1. The van der Waals surface area contributed by atoms with Crippen LogP contribution >= 0.6 is 0 Å². The molecule has 1 aliphatic carbocycles. The highest BCUT2D eigenvalue weighted by Crippen LogP contribution is 2.27. The third kappa shape index (κ3) is 3.10. The van der Waals surface area contributed by atoms with Gasteiger partial charge in [-0.15, -0.1) is 0 Å². The Morgan fingerprint density at radius 1 is 1.11 bits per heavy atom. The highest BCUT2D eigenvalue weighted by molar-refractivity contribution is 5.90. The molecule has 0 saturated heterocycles. The number of aromatic carboxylic acids is 1. The molecule has 1 N–H and O–H groups in total. The Morgan fingerprint density at radius 3 is 2.37 bits per heavy atom. The molecule has 0 fully saturated rings. The zero-order chi connectivity index (χ0) is 13.8. The van der Waals surface area contributed by atoms with Crippen molar-refractivity contribution in [3.8, 4) is 0 Å². The molecule has 2 rings (SSSR count). The first-order valence-electron chi connectivity index (χ1n) is 6.63. The van der Waals surface area contributed by atoms with Gasteiger partial charge < -0.3 is 5.11 Å². The third-order valence-electron chi connectivity index (χ3n) is 3.64. The monoisotopic (exact) mass is 263 g/mol. The first kappa shape index (κ1) is 13.5. The largest absolute Gasteiger partial charge is 0.478 e. The molecule has 1 aliphatic rings. The Bertz CT molecular complexity index is 510. The zero-order valence-corrected chi connectivity index (χ0v) is 10.7. The van der Waals surface area contributed by atoms with Crippen LogP contribution in [0.1, 0.15) is 53.6 Å². The van der Waals surface area contributed by atoms with Gasteiger partial charge >= 0.3 is 5.97 Å². The van der Waals surface area contributed by atoms with Crippen molar-refractivity contribution in [3.05, 3.63) is 38.9 Å². The molecule has 0 aliphatic heterocycles. The maximum atomic E-state index is 11.3. The molecular weight excluding hydrogens is 246 g/mol. The third-order valence-corrected chi connectivity index (χ3v) is 3.64. The van der Waals surface area contributed by atoms with Crippen LogP contribution in [-0.2, 0) is 12.8 Å². The first-order valence-corrected chi connectivity index (χ1v) is 6.63. The molecule has 0 aromatic heterocycles. The molecule has 102 valence electrons. The number of hydrogen-bond donors (Lipinski definition) is 1. The molecule has 0 amide bonds. The quantitative estimate of drug-likeness (QED) is 0.655. The molecule has 0 radical (unpaired) electrons. The van der Waals surface area contributed by atoms with Gasteiger partial charge in [-0.25, -0.2) is 4.79 Å². The summed E-state index contributed by atoms with van der Waals surface area (Å²) in [6.45, 7) is 0. The molecule has 1 aromatic rings. The van der Waals surface area contributed by atoms with Crippen LogP contribution in [-0.4, -0.2) is 16.0 Å². The zero-order valence-electron chi connectivity index (χ0n) is 10.7. The summed E-state index contributed by atoms with van der Waals surface area (Å²) >= 11 is 0. The van der Waals surface area contributed by atoms with Crippen LogP contribution in [0.25, 0.3) is 0 Å². The van der Waals surface area contributed by atoms with Crippen molar-refractivity contribution in [3.63, 3.8) is 0 Å². The molecule has 0 heterocycles. The molecular formula is C14H17NO4. The number of nitro benzene ring substituents is 1. The fourth-order valence-electron chi connectivity index (χ4n) is 2.68. The number of hydrogen-bond acceptors (Lipinski definition) is 3. The highest BCUT2D eigenvalue weighted by atomic mass is 16.6. The Kier molecular flexibility index (Phi) is 4.14. The van der Waals surface area contributed by atoms with Crippen molar-refractivity contribution in [2.24, 2.45) is 0 Å². The van der Waals surface area contributed by atoms with E-state index in [0.717, 1.165) is 49.7 Å². The van der Waals surface area contributed by atoms with Gasteiger partial charge in [-0.05, 0) is 36.8 Å². The van der Waals surface area contributed by atoms with Crippen LogP contribution in [0.5, 0.6) is 0 Å². The fraction of sp³-hybridized carbons (Fsp3) is 0.500. The van der Waals surface area contributed by atoms with Crippen molar-refractivity contribution in [1.82, 2.24) is 0 Å². The maximum Gasteiger partial charge on any atom is 0.336 e. The van der Waals surface area contributed by atoms with Crippen LogP contribution < -0.4 is 0 Å². The van der Waals surface area contributed by atoms with Crippen LogP contribution in [0, 0.1) is 10.1 Å². The number of nitrogens with zero attached hydrogens (tertiary/aromatic N) is 1. The minimum atomic E-state index is -1.07. The van der Waals surface area contributed by atoms with Crippen LogP contribution in [0.2, 0.25) is 0 Å². The lowest BCUT2D eigenvalue weighted by Gasteiger charge is -2.11. The van der Waals surface area contributed by atoms with E-state index in [1.807, 2.05) is 0 Å². The summed E-state index contributed by atoms with van der Waals surface area (Å²) in [6.07, 6.45) is 6.70. The Balaban J connectivity index is 2.51. The predicted molar refractivity (Wildman–Crippen MR) is 70.5 cm³/mol.